The van der Waals surface area contributed by atoms with E-state index in [1.165, 1.54) is 0 Å². The summed E-state index contributed by atoms with van der Waals surface area (Å²) in [5.74, 6) is 0.460. The number of nitrogens with zero attached hydrogens (tertiary/aromatic N) is 1. The van der Waals surface area contributed by atoms with Crippen molar-refractivity contribution in [3.63, 3.8) is 0 Å². The van der Waals surface area contributed by atoms with Crippen LogP contribution in [0, 0.1) is 0 Å². The summed E-state index contributed by atoms with van der Waals surface area (Å²) in [6.45, 7) is 11.2. The van der Waals surface area contributed by atoms with Crippen LogP contribution in [0.1, 0.15) is 81.2 Å². The molecule has 0 fully saturated rings. The zero-order valence-corrected chi connectivity index (χ0v) is 22.1. The van der Waals surface area contributed by atoms with Gasteiger partial charge in [0.05, 0.1) is 6.04 Å². The molecule has 0 aliphatic heterocycles. The average Bonchev–Trinajstić information content (AvgIpc) is 2.87. The van der Waals surface area contributed by atoms with Crippen molar-refractivity contribution in [1.29, 1.82) is 0 Å². The highest BCUT2D eigenvalue weighted by Crippen LogP contribution is 2.32. The first-order valence-corrected chi connectivity index (χ1v) is 12.8. The van der Waals surface area contributed by atoms with E-state index in [4.69, 9.17) is 0 Å². The Morgan fingerprint density at radius 3 is 1.86 bits per heavy atom. The summed E-state index contributed by atoms with van der Waals surface area (Å²) in [6.07, 6.45) is 0.223. The number of nitrogens with one attached hydrogen (secondary N) is 2. The third-order valence-corrected chi connectivity index (χ3v) is 6.39. The van der Waals surface area contributed by atoms with E-state index in [0.717, 1.165) is 27.9 Å². The van der Waals surface area contributed by atoms with E-state index < -0.39 is 0 Å². The second kappa shape index (κ2) is 12.9. The van der Waals surface area contributed by atoms with Crippen LogP contribution in [0.3, 0.4) is 0 Å². The van der Waals surface area contributed by atoms with Gasteiger partial charge in [0, 0.05) is 25.2 Å². The predicted molar refractivity (Wildman–Crippen MR) is 148 cm³/mol. The summed E-state index contributed by atoms with van der Waals surface area (Å²) in [5.41, 5.74) is 5.18. The smallest absolute Gasteiger partial charge is 0.322 e. The van der Waals surface area contributed by atoms with E-state index in [2.05, 4.69) is 56.5 Å². The Balaban J connectivity index is 1.76. The molecular formula is C31H39N3O2. The lowest BCUT2D eigenvalue weighted by molar-refractivity contribution is -0.121. The van der Waals surface area contributed by atoms with Gasteiger partial charge in [-0.15, -0.1) is 0 Å². The summed E-state index contributed by atoms with van der Waals surface area (Å²) in [7, 11) is 0. The van der Waals surface area contributed by atoms with Gasteiger partial charge in [-0.3, -0.25) is 4.79 Å². The molecule has 5 heteroatoms. The van der Waals surface area contributed by atoms with Crippen molar-refractivity contribution in [3.05, 3.63) is 101 Å². The second-order valence-corrected chi connectivity index (χ2v) is 9.91. The molecule has 2 N–H and O–H groups in total. The fourth-order valence-electron chi connectivity index (χ4n) is 4.31. The molecule has 190 valence electrons. The van der Waals surface area contributed by atoms with E-state index in [-0.39, 0.29) is 36.2 Å². The van der Waals surface area contributed by atoms with Crippen LogP contribution in [-0.4, -0.2) is 23.4 Å². The number of amides is 3. The molecule has 0 saturated carbocycles. The SMILES string of the molecule is CC(C)c1cccc(C(C)C)c1NC(=O)N(CCC(=O)NC(C)c1ccccc1)Cc1ccccc1. The van der Waals surface area contributed by atoms with Gasteiger partial charge in [-0.25, -0.2) is 4.79 Å². The third-order valence-electron chi connectivity index (χ3n) is 6.39. The van der Waals surface area contributed by atoms with E-state index in [9.17, 15) is 9.59 Å². The number of hydrogen-bond acceptors (Lipinski definition) is 2. The standard InChI is InChI=1S/C31H39N3O2/c1-22(2)27-17-12-18-28(23(3)4)30(27)33-31(36)34(21-25-13-8-6-9-14-25)20-19-29(35)32-24(5)26-15-10-7-11-16-26/h6-18,22-24H,19-21H2,1-5H3,(H,32,35)(H,33,36). The largest absolute Gasteiger partial charge is 0.350 e. The minimum Gasteiger partial charge on any atom is -0.350 e. The number of carbonyl (C=O) groups is 2. The Morgan fingerprint density at radius 1 is 0.750 bits per heavy atom. The molecule has 3 aromatic rings. The van der Waals surface area contributed by atoms with Gasteiger partial charge in [0.1, 0.15) is 0 Å². The number of benzene rings is 3. The Labute approximate surface area is 215 Å². The fraction of sp³-hybridized carbons (Fsp3) is 0.355. The summed E-state index contributed by atoms with van der Waals surface area (Å²) in [5, 5.41) is 6.26. The number of para-hydroxylation sites is 1. The number of hydrogen-bond donors (Lipinski definition) is 2. The van der Waals surface area contributed by atoms with Crippen LogP contribution in [0.2, 0.25) is 0 Å². The molecule has 36 heavy (non-hydrogen) atoms. The number of carbonyl (C=O) groups excluding carboxylic acids is 2. The minimum atomic E-state index is -0.197. The Hall–Kier alpha value is -3.60. The number of anilines is 1. The van der Waals surface area contributed by atoms with Crippen molar-refractivity contribution >= 4 is 17.6 Å². The van der Waals surface area contributed by atoms with Crippen molar-refractivity contribution in [1.82, 2.24) is 10.2 Å². The normalized spacial score (nSPS) is 11.9. The number of rotatable bonds is 10. The van der Waals surface area contributed by atoms with Crippen LogP contribution < -0.4 is 10.6 Å². The van der Waals surface area contributed by atoms with Gasteiger partial charge in [0.15, 0.2) is 0 Å². The van der Waals surface area contributed by atoms with Crippen LogP contribution in [0.25, 0.3) is 0 Å². The van der Waals surface area contributed by atoms with Gasteiger partial charge < -0.3 is 15.5 Å². The molecule has 0 radical (unpaired) electrons. The summed E-state index contributed by atoms with van der Waals surface area (Å²) < 4.78 is 0. The Morgan fingerprint density at radius 2 is 1.31 bits per heavy atom. The van der Waals surface area contributed by atoms with Crippen LogP contribution in [-0.2, 0) is 11.3 Å². The Bertz CT molecular complexity index is 1100. The third kappa shape index (κ3) is 7.45. The summed E-state index contributed by atoms with van der Waals surface area (Å²) >= 11 is 0. The summed E-state index contributed by atoms with van der Waals surface area (Å²) in [4.78, 5) is 28.1. The van der Waals surface area contributed by atoms with Gasteiger partial charge in [-0.2, -0.15) is 0 Å². The first kappa shape index (κ1) is 27.0. The molecule has 0 spiro atoms. The highest BCUT2D eigenvalue weighted by molar-refractivity contribution is 5.92. The molecule has 1 atom stereocenters. The molecule has 0 heterocycles. The maximum absolute atomic E-state index is 13.6. The van der Waals surface area contributed by atoms with Crippen LogP contribution in [0.5, 0.6) is 0 Å². The Kier molecular flexibility index (Phi) is 9.69. The molecule has 0 bridgehead atoms. The topological polar surface area (TPSA) is 61.4 Å². The highest BCUT2D eigenvalue weighted by atomic mass is 16.2. The maximum atomic E-state index is 13.6. The molecule has 0 aliphatic carbocycles. The van der Waals surface area contributed by atoms with Crippen molar-refractivity contribution in [2.45, 2.75) is 65.5 Å². The number of urea groups is 1. The molecule has 0 aromatic heterocycles. The van der Waals surface area contributed by atoms with E-state index >= 15 is 0 Å². The van der Waals surface area contributed by atoms with E-state index in [1.54, 1.807) is 4.90 Å². The predicted octanol–water partition coefficient (Wildman–Crippen LogP) is 7.24. The van der Waals surface area contributed by atoms with Gasteiger partial charge in [0.2, 0.25) is 5.91 Å². The first-order valence-electron chi connectivity index (χ1n) is 12.8. The molecule has 3 rings (SSSR count). The van der Waals surface area contributed by atoms with Gasteiger partial charge in [-0.05, 0) is 41.0 Å². The van der Waals surface area contributed by atoms with Crippen molar-refractivity contribution in [2.24, 2.45) is 0 Å². The molecule has 5 nitrogen and oxygen atoms in total. The molecule has 0 aliphatic rings. The van der Waals surface area contributed by atoms with Crippen molar-refractivity contribution < 1.29 is 9.59 Å². The lowest BCUT2D eigenvalue weighted by Crippen LogP contribution is -2.38. The molecule has 3 amide bonds. The van der Waals surface area contributed by atoms with E-state index in [0.29, 0.717) is 13.1 Å². The average molecular weight is 486 g/mol. The lowest BCUT2D eigenvalue weighted by atomic mass is 9.93. The molecule has 0 saturated heterocycles. The quantitative estimate of drug-likeness (QED) is 0.318. The van der Waals surface area contributed by atoms with Crippen molar-refractivity contribution in [2.75, 3.05) is 11.9 Å². The van der Waals surface area contributed by atoms with Crippen LogP contribution in [0.15, 0.2) is 78.9 Å². The first-order chi connectivity index (χ1) is 17.3. The highest BCUT2D eigenvalue weighted by Gasteiger charge is 2.21. The molecule has 3 aromatic carbocycles. The van der Waals surface area contributed by atoms with Gasteiger partial charge in [-0.1, -0.05) is 107 Å². The van der Waals surface area contributed by atoms with E-state index in [1.807, 2.05) is 67.6 Å². The zero-order valence-electron chi connectivity index (χ0n) is 22.1. The zero-order chi connectivity index (χ0) is 26.1. The van der Waals surface area contributed by atoms with Crippen molar-refractivity contribution in [3.8, 4) is 0 Å². The van der Waals surface area contributed by atoms with Crippen LogP contribution in [0.4, 0.5) is 10.5 Å². The fourth-order valence-corrected chi connectivity index (χ4v) is 4.31. The minimum absolute atomic E-state index is 0.0809. The lowest BCUT2D eigenvalue weighted by Gasteiger charge is -2.26. The van der Waals surface area contributed by atoms with Crippen LogP contribution >= 0.6 is 0 Å². The maximum Gasteiger partial charge on any atom is 0.322 e. The van der Waals surface area contributed by atoms with Gasteiger partial charge in [0.25, 0.3) is 0 Å². The molecular weight excluding hydrogens is 446 g/mol. The summed E-state index contributed by atoms with van der Waals surface area (Å²) in [6, 6.07) is 25.7. The monoisotopic (exact) mass is 485 g/mol. The van der Waals surface area contributed by atoms with Gasteiger partial charge >= 0.3 is 6.03 Å². The molecule has 1 unspecified atom stereocenters. The second-order valence-electron chi connectivity index (χ2n) is 9.91.